The zero-order valence-corrected chi connectivity index (χ0v) is 38.5. The van der Waals surface area contributed by atoms with E-state index in [0.29, 0.717) is 27.3 Å². The number of aromatic nitrogens is 8. The quantitative estimate of drug-likeness (QED) is 0.114. The number of benzene rings is 4. The first-order valence-corrected chi connectivity index (χ1v) is 21.0. The van der Waals surface area contributed by atoms with Gasteiger partial charge in [-0.3, -0.25) is 32.7 Å². The maximum Gasteiger partial charge on any atom is 0.416 e. The minimum atomic E-state index is -4.68. The number of carbonyl (C=O) groups excluding carboxylic acids is 1. The van der Waals surface area contributed by atoms with Crippen molar-refractivity contribution in [3.63, 3.8) is 0 Å². The minimum Gasteiger partial charge on any atom is -0.478 e. The molecular formula is C49H35F6N11O7. The standard InChI is InChI=1S/C25H19F3N6O3.C24H16F3N5O4/c1-14-20(21-19(22(35)30-3)13-31-34(21)17-10-8-16(29-2)9-11-17)23(36)32(4)24(37)33(14)18-7-5-6-15(12-18)25(26,27)28;1-13-19(20-18(22(34)35)12-29-32(20)16-9-7-15(28-2)8-10-16)21(33)30(3)23(36)31(13)17-6-4-5-14(11-17)24(25,26)27/h5-13H,1,3-4H3,(H,30,35);4-12H,1,3H3,(H,34,35). The molecule has 0 spiro atoms. The Labute approximate surface area is 406 Å². The van der Waals surface area contributed by atoms with Crippen LogP contribution in [0.5, 0.6) is 0 Å². The molecule has 0 unspecified atom stereocenters. The van der Waals surface area contributed by atoms with Gasteiger partial charge in [-0.15, -0.1) is 0 Å². The van der Waals surface area contributed by atoms with Crippen molar-refractivity contribution in [2.75, 3.05) is 7.05 Å². The van der Waals surface area contributed by atoms with Crippen molar-refractivity contribution in [1.82, 2.24) is 43.1 Å². The van der Waals surface area contributed by atoms with Gasteiger partial charge < -0.3 is 10.4 Å². The molecule has 0 radical (unpaired) electrons. The van der Waals surface area contributed by atoms with E-state index in [4.69, 9.17) is 13.1 Å². The number of amides is 1. The summed E-state index contributed by atoms with van der Waals surface area (Å²) >= 11 is 0. The topological polar surface area (TPSA) is 199 Å². The predicted octanol–water partition coefficient (Wildman–Crippen LogP) is 7.59. The number of nitrogens with one attached hydrogen (secondary N) is 1. The predicted molar refractivity (Wildman–Crippen MR) is 252 cm³/mol. The zero-order valence-electron chi connectivity index (χ0n) is 38.5. The van der Waals surface area contributed by atoms with Gasteiger partial charge in [0.1, 0.15) is 5.56 Å². The summed E-state index contributed by atoms with van der Waals surface area (Å²) in [5, 5.41) is 20.6. The zero-order chi connectivity index (χ0) is 53.4. The SMILES string of the molecule is [C-]#[N+]c1ccc(-n2ncc(C(=O)NC)c2-c2c(C)n(-c3cccc(C(F)(F)F)c3)c(=O)n(C)c2=O)cc1.[C-]#[N+]c1ccc(-n2ncc(C(=O)O)c2-c2c(C)n(-c3cccc(C(F)(F)F)c3)c(=O)n(C)c2=O)cc1. The Morgan fingerprint density at radius 3 is 1.30 bits per heavy atom. The lowest BCUT2D eigenvalue weighted by Crippen LogP contribution is -2.40. The van der Waals surface area contributed by atoms with Crippen LogP contribution in [0.3, 0.4) is 0 Å². The first-order valence-electron chi connectivity index (χ1n) is 21.0. The summed E-state index contributed by atoms with van der Waals surface area (Å²) in [6.45, 7) is 17.0. The Bertz CT molecular complexity index is 3870. The normalized spacial score (nSPS) is 11.3. The second kappa shape index (κ2) is 19.5. The summed E-state index contributed by atoms with van der Waals surface area (Å²) in [6.07, 6.45) is -7.06. The third-order valence-electron chi connectivity index (χ3n) is 11.4. The maximum absolute atomic E-state index is 13.4. The molecule has 8 aromatic rings. The van der Waals surface area contributed by atoms with E-state index in [1.165, 1.54) is 92.0 Å². The summed E-state index contributed by atoms with van der Waals surface area (Å²) in [6, 6.07) is 20.3. The van der Waals surface area contributed by atoms with E-state index in [2.05, 4.69) is 25.2 Å². The fourth-order valence-electron chi connectivity index (χ4n) is 7.79. The molecule has 4 aromatic heterocycles. The van der Waals surface area contributed by atoms with E-state index in [-0.39, 0.29) is 56.4 Å². The van der Waals surface area contributed by atoms with E-state index < -0.39 is 57.9 Å². The average Bonchev–Trinajstić information content (AvgIpc) is 4.01. The molecule has 0 bridgehead atoms. The number of carboxylic acids is 1. The highest BCUT2D eigenvalue weighted by molar-refractivity contribution is 6.00. The van der Waals surface area contributed by atoms with Crippen molar-refractivity contribution in [2.24, 2.45) is 14.1 Å². The van der Waals surface area contributed by atoms with Gasteiger partial charge in [-0.25, -0.2) is 33.4 Å². The van der Waals surface area contributed by atoms with Crippen LogP contribution < -0.4 is 27.8 Å². The summed E-state index contributed by atoms with van der Waals surface area (Å²) in [5.74, 6) is -1.98. The van der Waals surface area contributed by atoms with Crippen LogP contribution in [-0.2, 0) is 26.4 Å². The Hall–Kier alpha value is -9.84. The minimum absolute atomic E-state index is 0.00574. The third kappa shape index (κ3) is 9.47. The highest BCUT2D eigenvalue weighted by atomic mass is 19.4. The Balaban J connectivity index is 0.000000214. The number of rotatable bonds is 8. The Morgan fingerprint density at radius 2 is 0.959 bits per heavy atom. The average molecular weight is 1000 g/mol. The van der Waals surface area contributed by atoms with Gasteiger partial charge >= 0.3 is 29.7 Å². The summed E-state index contributed by atoms with van der Waals surface area (Å²) in [5.41, 5.74) is -5.13. The molecule has 0 aliphatic carbocycles. The molecule has 2 N–H and O–H groups in total. The summed E-state index contributed by atoms with van der Waals surface area (Å²) in [7, 11) is 3.73. The van der Waals surface area contributed by atoms with Crippen molar-refractivity contribution in [2.45, 2.75) is 26.2 Å². The van der Waals surface area contributed by atoms with Crippen molar-refractivity contribution < 1.29 is 41.0 Å². The van der Waals surface area contributed by atoms with Crippen LogP contribution in [0.4, 0.5) is 37.7 Å². The van der Waals surface area contributed by atoms with Gasteiger partial charge in [0, 0.05) is 32.5 Å². The van der Waals surface area contributed by atoms with Gasteiger partial charge in [-0.05, 0) is 74.5 Å². The van der Waals surface area contributed by atoms with Crippen LogP contribution in [0.25, 0.3) is 55.0 Å². The van der Waals surface area contributed by atoms with Gasteiger partial charge in [-0.2, -0.15) is 36.5 Å². The molecule has 0 saturated carbocycles. The van der Waals surface area contributed by atoms with Crippen LogP contribution in [-0.4, -0.2) is 61.9 Å². The number of carbonyl (C=O) groups is 2. The van der Waals surface area contributed by atoms with E-state index >= 15 is 0 Å². The van der Waals surface area contributed by atoms with Crippen molar-refractivity contribution >= 4 is 23.3 Å². The number of hydrogen-bond acceptors (Lipinski definition) is 8. The van der Waals surface area contributed by atoms with Gasteiger partial charge in [0.15, 0.2) is 11.4 Å². The second-order valence-corrected chi connectivity index (χ2v) is 15.8. The van der Waals surface area contributed by atoms with Crippen LogP contribution in [0.1, 0.15) is 43.2 Å². The number of halogens is 6. The smallest absolute Gasteiger partial charge is 0.416 e. The van der Waals surface area contributed by atoms with Crippen LogP contribution in [0, 0.1) is 27.0 Å². The number of nitrogens with zero attached hydrogens (tertiary/aromatic N) is 10. The number of carboxylic acid groups (broad SMARTS) is 1. The molecule has 0 aliphatic rings. The molecule has 73 heavy (non-hydrogen) atoms. The molecule has 24 heteroatoms. The van der Waals surface area contributed by atoms with Gasteiger partial charge in [0.2, 0.25) is 0 Å². The Kier molecular flexibility index (Phi) is 13.6. The fourth-order valence-corrected chi connectivity index (χ4v) is 7.79. The number of alkyl halides is 6. The lowest BCUT2D eigenvalue weighted by Gasteiger charge is -2.18. The highest BCUT2D eigenvalue weighted by Crippen LogP contribution is 2.34. The number of hydrogen-bond donors (Lipinski definition) is 2. The van der Waals surface area contributed by atoms with Crippen LogP contribution in [0.15, 0.2) is 129 Å². The molecule has 8 rings (SSSR count). The van der Waals surface area contributed by atoms with Gasteiger partial charge in [-0.1, -0.05) is 36.4 Å². The summed E-state index contributed by atoms with van der Waals surface area (Å²) in [4.78, 5) is 84.2. The Morgan fingerprint density at radius 1 is 0.589 bits per heavy atom. The number of aromatic carboxylic acids is 1. The second-order valence-electron chi connectivity index (χ2n) is 15.8. The fraction of sp³-hybridized carbons (Fsp3) is 0.143. The van der Waals surface area contributed by atoms with Crippen LogP contribution >= 0.6 is 0 Å². The van der Waals surface area contributed by atoms with E-state index in [9.17, 15) is 60.2 Å². The molecule has 0 fully saturated rings. The van der Waals surface area contributed by atoms with E-state index in [1.54, 1.807) is 12.1 Å². The highest BCUT2D eigenvalue weighted by Gasteiger charge is 2.34. The molecule has 0 aliphatic heterocycles. The van der Waals surface area contributed by atoms with Crippen molar-refractivity contribution in [3.05, 3.63) is 208 Å². The molecule has 0 saturated heterocycles. The molecule has 1 amide bonds. The first kappa shape index (κ1) is 51.0. The largest absolute Gasteiger partial charge is 0.478 e. The lowest BCUT2D eigenvalue weighted by atomic mass is 10.1. The molecule has 18 nitrogen and oxygen atoms in total. The van der Waals surface area contributed by atoms with Gasteiger partial charge in [0.05, 0.1) is 87.5 Å². The van der Waals surface area contributed by atoms with Crippen LogP contribution in [0.2, 0.25) is 0 Å². The molecule has 4 aromatic carbocycles. The van der Waals surface area contributed by atoms with E-state index in [0.717, 1.165) is 63.3 Å². The van der Waals surface area contributed by atoms with E-state index in [1.807, 2.05) is 0 Å². The van der Waals surface area contributed by atoms with Crippen molar-refractivity contribution in [1.29, 1.82) is 0 Å². The third-order valence-corrected chi connectivity index (χ3v) is 11.4. The first-order chi connectivity index (χ1) is 34.4. The monoisotopic (exact) mass is 1000 g/mol. The molecular weight excluding hydrogens is 969 g/mol. The lowest BCUT2D eigenvalue weighted by molar-refractivity contribution is -0.138. The molecule has 4 heterocycles. The van der Waals surface area contributed by atoms with Crippen molar-refractivity contribution in [3.8, 4) is 45.3 Å². The summed E-state index contributed by atoms with van der Waals surface area (Å²) < 4.78 is 86.0. The van der Waals surface area contributed by atoms with Gasteiger partial charge in [0.25, 0.3) is 17.0 Å². The molecule has 0 atom stereocenters. The molecule has 370 valence electrons. The maximum atomic E-state index is 13.4.